The Morgan fingerprint density at radius 3 is 2.90 bits per heavy atom. The third-order valence-corrected chi connectivity index (χ3v) is 3.41. The summed E-state index contributed by atoms with van der Waals surface area (Å²) in [4.78, 5) is 16.4. The number of rotatable bonds is 5. The SMILES string of the molecule is CCC(COC)NC(=O)c1cc2ccccc2c(Cl)n1. The molecule has 4 nitrogen and oxygen atoms in total. The summed E-state index contributed by atoms with van der Waals surface area (Å²) in [5, 5.41) is 4.97. The Labute approximate surface area is 123 Å². The lowest BCUT2D eigenvalue weighted by Crippen LogP contribution is -2.37. The van der Waals surface area contributed by atoms with Crippen LogP contribution in [-0.4, -0.2) is 30.6 Å². The van der Waals surface area contributed by atoms with E-state index in [0.29, 0.717) is 17.5 Å². The van der Waals surface area contributed by atoms with Gasteiger partial charge in [-0.1, -0.05) is 42.8 Å². The number of carbonyl (C=O) groups is 1. The molecule has 1 heterocycles. The van der Waals surface area contributed by atoms with Gasteiger partial charge in [0, 0.05) is 12.5 Å². The van der Waals surface area contributed by atoms with Crippen molar-refractivity contribution in [3.05, 3.63) is 41.2 Å². The van der Waals surface area contributed by atoms with Gasteiger partial charge < -0.3 is 10.1 Å². The third-order valence-electron chi connectivity index (χ3n) is 3.12. The molecule has 0 saturated heterocycles. The topological polar surface area (TPSA) is 51.2 Å². The van der Waals surface area contributed by atoms with Gasteiger partial charge >= 0.3 is 0 Å². The molecular formula is C15H17ClN2O2. The minimum atomic E-state index is -0.235. The van der Waals surface area contributed by atoms with Crippen molar-refractivity contribution in [2.24, 2.45) is 0 Å². The van der Waals surface area contributed by atoms with Crippen LogP contribution in [0, 0.1) is 0 Å². The van der Waals surface area contributed by atoms with Crippen LogP contribution in [-0.2, 0) is 4.74 Å². The van der Waals surface area contributed by atoms with Crippen LogP contribution in [0.1, 0.15) is 23.8 Å². The summed E-state index contributed by atoms with van der Waals surface area (Å²) in [6.07, 6.45) is 0.793. The summed E-state index contributed by atoms with van der Waals surface area (Å²) in [5.74, 6) is -0.235. The van der Waals surface area contributed by atoms with Gasteiger partial charge in [-0.25, -0.2) is 4.98 Å². The van der Waals surface area contributed by atoms with E-state index in [9.17, 15) is 4.79 Å². The van der Waals surface area contributed by atoms with Crippen molar-refractivity contribution in [1.82, 2.24) is 10.3 Å². The highest BCUT2D eigenvalue weighted by Crippen LogP contribution is 2.22. The number of nitrogens with zero attached hydrogens (tertiary/aromatic N) is 1. The number of ether oxygens (including phenoxy) is 1. The lowest BCUT2D eigenvalue weighted by molar-refractivity contribution is 0.0890. The van der Waals surface area contributed by atoms with Gasteiger partial charge in [-0.3, -0.25) is 4.79 Å². The predicted molar refractivity (Wildman–Crippen MR) is 80.2 cm³/mol. The standard InChI is InChI=1S/C15H17ClN2O2/c1-3-11(9-20-2)17-15(19)13-8-10-6-4-5-7-12(10)14(16)18-13/h4-8,11H,3,9H2,1-2H3,(H,17,19). The number of fused-ring (bicyclic) bond motifs is 1. The van der Waals surface area contributed by atoms with Crippen LogP contribution < -0.4 is 5.32 Å². The quantitative estimate of drug-likeness (QED) is 0.862. The highest BCUT2D eigenvalue weighted by atomic mass is 35.5. The summed E-state index contributed by atoms with van der Waals surface area (Å²) in [7, 11) is 1.61. The van der Waals surface area contributed by atoms with E-state index in [2.05, 4.69) is 10.3 Å². The molecule has 0 fully saturated rings. The molecule has 0 saturated carbocycles. The first-order valence-corrected chi connectivity index (χ1v) is 6.88. The monoisotopic (exact) mass is 292 g/mol. The van der Waals surface area contributed by atoms with Crippen molar-refractivity contribution < 1.29 is 9.53 Å². The van der Waals surface area contributed by atoms with Gasteiger partial charge in [-0.15, -0.1) is 0 Å². The Hall–Kier alpha value is -1.65. The van der Waals surface area contributed by atoms with Gasteiger partial charge in [-0.2, -0.15) is 0 Å². The Bertz CT molecular complexity index is 616. The molecule has 1 aromatic heterocycles. The summed E-state index contributed by atoms with van der Waals surface area (Å²) in [5.41, 5.74) is 0.322. The van der Waals surface area contributed by atoms with Crippen LogP contribution in [0.3, 0.4) is 0 Å². The van der Waals surface area contributed by atoms with Crippen molar-refractivity contribution in [3.63, 3.8) is 0 Å². The fourth-order valence-electron chi connectivity index (χ4n) is 1.99. The van der Waals surface area contributed by atoms with Crippen LogP contribution >= 0.6 is 11.6 Å². The van der Waals surface area contributed by atoms with Crippen molar-refractivity contribution >= 4 is 28.3 Å². The molecule has 106 valence electrons. The number of amides is 1. The molecule has 1 aromatic carbocycles. The number of hydrogen-bond acceptors (Lipinski definition) is 3. The largest absolute Gasteiger partial charge is 0.383 e. The number of aromatic nitrogens is 1. The third kappa shape index (κ3) is 3.26. The van der Waals surface area contributed by atoms with E-state index in [0.717, 1.165) is 17.2 Å². The fraction of sp³-hybridized carbons (Fsp3) is 0.333. The van der Waals surface area contributed by atoms with E-state index in [1.165, 1.54) is 0 Å². The maximum Gasteiger partial charge on any atom is 0.270 e. The Balaban J connectivity index is 2.26. The van der Waals surface area contributed by atoms with E-state index in [4.69, 9.17) is 16.3 Å². The molecule has 0 radical (unpaired) electrons. The molecule has 1 atom stereocenters. The maximum atomic E-state index is 12.2. The maximum absolute atomic E-state index is 12.2. The molecule has 2 aromatic rings. The highest BCUT2D eigenvalue weighted by molar-refractivity contribution is 6.34. The number of hydrogen-bond donors (Lipinski definition) is 1. The fourth-order valence-corrected chi connectivity index (χ4v) is 2.26. The molecule has 0 spiro atoms. The van der Waals surface area contributed by atoms with Crippen LogP contribution in [0.2, 0.25) is 5.15 Å². The first-order chi connectivity index (χ1) is 9.65. The summed E-state index contributed by atoms with van der Waals surface area (Å²) >= 11 is 6.12. The zero-order valence-corrected chi connectivity index (χ0v) is 12.3. The average Bonchev–Trinajstić information content (AvgIpc) is 2.46. The van der Waals surface area contributed by atoms with Gasteiger partial charge in [0.05, 0.1) is 12.6 Å². The molecule has 1 amide bonds. The lowest BCUT2D eigenvalue weighted by atomic mass is 10.1. The van der Waals surface area contributed by atoms with Crippen molar-refractivity contribution in [3.8, 4) is 0 Å². The van der Waals surface area contributed by atoms with E-state index >= 15 is 0 Å². The second kappa shape index (κ2) is 6.68. The second-order valence-corrected chi connectivity index (χ2v) is 4.91. The van der Waals surface area contributed by atoms with Crippen molar-refractivity contribution in [2.45, 2.75) is 19.4 Å². The molecular weight excluding hydrogens is 276 g/mol. The van der Waals surface area contributed by atoms with Crippen molar-refractivity contribution in [2.75, 3.05) is 13.7 Å². The van der Waals surface area contributed by atoms with Gasteiger partial charge in [-0.05, 0) is 17.9 Å². The number of halogens is 1. The van der Waals surface area contributed by atoms with Gasteiger partial charge in [0.1, 0.15) is 10.8 Å². The number of benzene rings is 1. The molecule has 1 unspecified atom stereocenters. The van der Waals surface area contributed by atoms with Gasteiger partial charge in [0.25, 0.3) is 5.91 Å². The van der Waals surface area contributed by atoms with E-state index in [-0.39, 0.29) is 11.9 Å². The average molecular weight is 293 g/mol. The summed E-state index contributed by atoms with van der Waals surface area (Å²) in [6.45, 7) is 2.47. The molecule has 0 aliphatic rings. The highest BCUT2D eigenvalue weighted by Gasteiger charge is 2.15. The van der Waals surface area contributed by atoms with Crippen LogP contribution in [0.15, 0.2) is 30.3 Å². The Kier molecular flexibility index (Phi) is 4.93. The van der Waals surface area contributed by atoms with Crippen LogP contribution in [0.5, 0.6) is 0 Å². The van der Waals surface area contributed by atoms with Gasteiger partial charge in [0.2, 0.25) is 0 Å². The number of nitrogens with one attached hydrogen (secondary N) is 1. The minimum absolute atomic E-state index is 0.0282. The first kappa shape index (κ1) is 14.8. The van der Waals surface area contributed by atoms with Gasteiger partial charge in [0.15, 0.2) is 0 Å². The molecule has 5 heteroatoms. The second-order valence-electron chi connectivity index (χ2n) is 4.55. The Morgan fingerprint density at radius 1 is 1.45 bits per heavy atom. The summed E-state index contributed by atoms with van der Waals surface area (Å²) in [6, 6.07) is 9.30. The molecule has 1 N–H and O–H groups in total. The zero-order valence-electron chi connectivity index (χ0n) is 11.5. The Morgan fingerprint density at radius 2 is 2.20 bits per heavy atom. The van der Waals surface area contributed by atoms with E-state index in [1.54, 1.807) is 13.2 Å². The van der Waals surface area contributed by atoms with E-state index < -0.39 is 0 Å². The first-order valence-electron chi connectivity index (χ1n) is 6.50. The zero-order chi connectivity index (χ0) is 14.5. The normalized spacial score (nSPS) is 12.3. The van der Waals surface area contributed by atoms with Crippen LogP contribution in [0.4, 0.5) is 0 Å². The number of pyridine rings is 1. The smallest absolute Gasteiger partial charge is 0.270 e. The van der Waals surface area contributed by atoms with Crippen molar-refractivity contribution in [1.29, 1.82) is 0 Å². The molecule has 2 rings (SSSR count). The predicted octanol–water partition coefficient (Wildman–Crippen LogP) is 3.04. The molecule has 20 heavy (non-hydrogen) atoms. The molecule has 0 bridgehead atoms. The van der Waals surface area contributed by atoms with E-state index in [1.807, 2.05) is 31.2 Å². The minimum Gasteiger partial charge on any atom is -0.383 e. The summed E-state index contributed by atoms with van der Waals surface area (Å²) < 4.78 is 5.06. The van der Waals surface area contributed by atoms with Crippen LogP contribution in [0.25, 0.3) is 10.8 Å². The number of methoxy groups -OCH3 is 1. The lowest BCUT2D eigenvalue weighted by Gasteiger charge is -2.15. The molecule has 0 aliphatic carbocycles. The molecule has 0 aliphatic heterocycles. The number of carbonyl (C=O) groups excluding carboxylic acids is 1.